The summed E-state index contributed by atoms with van der Waals surface area (Å²) in [5, 5.41) is 3.44. The highest BCUT2D eigenvalue weighted by Crippen LogP contribution is 2.39. The van der Waals surface area contributed by atoms with E-state index in [-0.39, 0.29) is 17.4 Å². The van der Waals surface area contributed by atoms with Crippen LogP contribution < -0.4 is 21.8 Å². The monoisotopic (exact) mass is 255 g/mol. The molecule has 1 aliphatic carbocycles. The van der Waals surface area contributed by atoms with Crippen molar-refractivity contribution >= 4 is 11.7 Å². The Labute approximate surface area is 109 Å². The van der Waals surface area contributed by atoms with E-state index in [1.165, 1.54) is 0 Å². The predicted octanol–water partition coefficient (Wildman–Crippen LogP) is -1.29. The van der Waals surface area contributed by atoms with Crippen molar-refractivity contribution in [2.75, 3.05) is 6.54 Å². The first-order chi connectivity index (χ1) is 8.27. The Morgan fingerprint density at radius 3 is 2.28 bits per heavy atom. The van der Waals surface area contributed by atoms with Gasteiger partial charge in [0.2, 0.25) is 0 Å². The molecule has 0 amide bonds. The molecular weight excluding hydrogens is 228 g/mol. The van der Waals surface area contributed by atoms with Crippen molar-refractivity contribution in [3.05, 3.63) is 0 Å². The lowest BCUT2D eigenvalue weighted by atomic mass is 9.63. The lowest BCUT2D eigenvalue weighted by Crippen LogP contribution is -2.81. The molecule has 0 aromatic rings. The molecule has 5 heteroatoms. The zero-order valence-corrected chi connectivity index (χ0v) is 11.9. The smallest absolute Gasteiger partial charge is 0.303 e. The van der Waals surface area contributed by atoms with Gasteiger partial charge in [0.25, 0.3) is 0 Å². The fourth-order valence-corrected chi connectivity index (χ4v) is 2.83. The molecule has 0 spiro atoms. The standard InChI is InChI=1S/C13H26N4O/c1-8(2)11(18)13(17-9(3)4)5-10(6-13)7-16-12(14)15/h8-10,17H,5-7H2,1-4H3,(H4,14,15,16)/p+1. The topological polar surface area (TPSA) is 95.1 Å². The van der Waals surface area contributed by atoms with Gasteiger partial charge in [0.05, 0.1) is 12.1 Å². The van der Waals surface area contributed by atoms with E-state index in [0.717, 1.165) is 19.4 Å². The second-order valence-corrected chi connectivity index (χ2v) is 6.01. The van der Waals surface area contributed by atoms with Crippen LogP contribution in [0.4, 0.5) is 0 Å². The lowest BCUT2D eigenvalue weighted by molar-refractivity contribution is -0.472. The maximum absolute atomic E-state index is 12.3. The van der Waals surface area contributed by atoms with Gasteiger partial charge in [-0.15, -0.1) is 0 Å². The minimum Gasteiger partial charge on any atom is -0.303 e. The van der Waals surface area contributed by atoms with Crippen molar-refractivity contribution in [2.24, 2.45) is 23.3 Å². The number of rotatable bonds is 6. The van der Waals surface area contributed by atoms with Gasteiger partial charge in [-0.25, -0.2) is 0 Å². The molecule has 0 radical (unpaired) electrons. The van der Waals surface area contributed by atoms with Gasteiger partial charge in [-0.3, -0.25) is 21.3 Å². The highest BCUT2D eigenvalue weighted by atomic mass is 16.1. The van der Waals surface area contributed by atoms with Crippen molar-refractivity contribution in [3.63, 3.8) is 0 Å². The first-order valence-corrected chi connectivity index (χ1v) is 6.70. The van der Waals surface area contributed by atoms with E-state index in [4.69, 9.17) is 11.5 Å². The van der Waals surface area contributed by atoms with Crippen LogP contribution in [-0.4, -0.2) is 29.9 Å². The van der Waals surface area contributed by atoms with Crippen molar-refractivity contribution in [2.45, 2.75) is 52.1 Å². The lowest BCUT2D eigenvalue weighted by Gasteiger charge is -2.48. The van der Waals surface area contributed by atoms with Crippen LogP contribution in [-0.2, 0) is 4.79 Å². The minimum absolute atomic E-state index is 0.0660. The van der Waals surface area contributed by atoms with Gasteiger partial charge in [-0.05, 0) is 32.6 Å². The molecule has 0 saturated heterocycles. The third kappa shape index (κ3) is 3.45. The summed E-state index contributed by atoms with van der Waals surface area (Å²) in [6.07, 6.45) is 1.73. The summed E-state index contributed by atoms with van der Waals surface area (Å²) < 4.78 is 0. The molecule has 0 heterocycles. The highest BCUT2D eigenvalue weighted by molar-refractivity contribution is 5.91. The van der Waals surface area contributed by atoms with E-state index in [1.54, 1.807) is 0 Å². The van der Waals surface area contributed by atoms with Crippen LogP contribution in [0.15, 0.2) is 0 Å². The van der Waals surface area contributed by atoms with Crippen LogP contribution in [0.25, 0.3) is 0 Å². The molecule has 6 N–H and O–H groups in total. The quantitative estimate of drug-likeness (QED) is 0.351. The fraction of sp³-hybridized carbons (Fsp3) is 0.846. The Kier molecular flexibility index (Phi) is 4.73. The summed E-state index contributed by atoms with van der Waals surface area (Å²) in [6, 6.07) is 0.313. The normalized spacial score (nSPS) is 27.1. The van der Waals surface area contributed by atoms with Crippen LogP contribution in [0.3, 0.4) is 0 Å². The van der Waals surface area contributed by atoms with Gasteiger partial charge in [-0.2, -0.15) is 0 Å². The maximum atomic E-state index is 12.3. The Bertz CT molecular complexity index is 326. The van der Waals surface area contributed by atoms with E-state index in [0.29, 0.717) is 17.7 Å². The number of Topliss-reactive ketones (excluding diaryl/α,β-unsaturated/α-hetero) is 1. The zero-order chi connectivity index (χ0) is 13.9. The maximum Gasteiger partial charge on any atom is 0.338 e. The van der Waals surface area contributed by atoms with Crippen molar-refractivity contribution < 1.29 is 9.79 Å². The summed E-state index contributed by atoms with van der Waals surface area (Å²) in [4.78, 5) is 15.3. The van der Waals surface area contributed by atoms with Gasteiger partial charge in [0.1, 0.15) is 0 Å². The molecule has 104 valence electrons. The predicted molar refractivity (Wildman–Crippen MR) is 72.8 cm³/mol. The van der Waals surface area contributed by atoms with Gasteiger partial charge >= 0.3 is 5.96 Å². The summed E-state index contributed by atoms with van der Waals surface area (Å²) >= 11 is 0. The van der Waals surface area contributed by atoms with Crippen LogP contribution in [0.1, 0.15) is 40.5 Å². The molecule has 0 bridgehead atoms. The summed E-state index contributed by atoms with van der Waals surface area (Å²) in [6.45, 7) is 8.82. The number of guanidine groups is 1. The Balaban J connectivity index is 2.64. The number of carbonyl (C=O) groups excluding carboxylic acids is 1. The third-order valence-corrected chi connectivity index (χ3v) is 3.43. The molecule has 18 heavy (non-hydrogen) atoms. The average molecular weight is 255 g/mol. The molecular formula is C13H27N4O+. The van der Waals surface area contributed by atoms with E-state index < -0.39 is 0 Å². The van der Waals surface area contributed by atoms with Crippen LogP contribution >= 0.6 is 0 Å². The van der Waals surface area contributed by atoms with Gasteiger partial charge in [0.15, 0.2) is 5.78 Å². The van der Waals surface area contributed by atoms with Crippen LogP contribution in [0.5, 0.6) is 0 Å². The summed E-state index contributed by atoms with van der Waals surface area (Å²) in [5.41, 5.74) is 10.4. The molecule has 0 aliphatic heterocycles. The number of hydrogen-bond donors (Lipinski definition) is 4. The van der Waals surface area contributed by atoms with Crippen LogP contribution in [0.2, 0.25) is 0 Å². The van der Waals surface area contributed by atoms with E-state index in [2.05, 4.69) is 24.2 Å². The number of ketones is 1. The fourth-order valence-electron chi connectivity index (χ4n) is 2.83. The van der Waals surface area contributed by atoms with Gasteiger partial charge < -0.3 is 5.32 Å². The summed E-state index contributed by atoms with van der Waals surface area (Å²) in [5.74, 6) is 1.09. The highest BCUT2D eigenvalue weighted by Gasteiger charge is 2.50. The van der Waals surface area contributed by atoms with Crippen molar-refractivity contribution in [1.82, 2.24) is 5.32 Å². The Hall–Kier alpha value is -1.10. The van der Waals surface area contributed by atoms with Crippen molar-refractivity contribution in [3.8, 4) is 0 Å². The molecule has 1 rings (SSSR count). The van der Waals surface area contributed by atoms with Gasteiger partial charge in [-0.1, -0.05) is 13.8 Å². The molecule has 1 fully saturated rings. The largest absolute Gasteiger partial charge is 0.338 e. The molecule has 1 saturated carbocycles. The summed E-state index contributed by atoms with van der Waals surface area (Å²) in [7, 11) is 0. The number of nitrogens with one attached hydrogen (secondary N) is 2. The minimum atomic E-state index is -0.335. The SMILES string of the molecule is CC(C)NC1(C(=O)C(C)C)CC(C[NH+]=C(N)N)C1. The second-order valence-electron chi connectivity index (χ2n) is 6.01. The van der Waals surface area contributed by atoms with Gasteiger partial charge in [0, 0.05) is 12.0 Å². The van der Waals surface area contributed by atoms with E-state index in [1.807, 2.05) is 13.8 Å². The molecule has 0 atom stereocenters. The van der Waals surface area contributed by atoms with Crippen molar-refractivity contribution in [1.29, 1.82) is 0 Å². The second kappa shape index (κ2) is 5.69. The van der Waals surface area contributed by atoms with E-state index >= 15 is 0 Å². The Morgan fingerprint density at radius 1 is 1.33 bits per heavy atom. The average Bonchev–Trinajstić information content (AvgIpc) is 2.18. The Morgan fingerprint density at radius 2 is 1.89 bits per heavy atom. The first-order valence-electron chi connectivity index (χ1n) is 6.70. The van der Waals surface area contributed by atoms with E-state index in [9.17, 15) is 4.79 Å². The molecule has 1 aliphatic rings. The van der Waals surface area contributed by atoms with Crippen LogP contribution in [0, 0.1) is 11.8 Å². The number of nitrogens with two attached hydrogens (primary N) is 2. The molecule has 0 unspecified atom stereocenters. The number of carbonyl (C=O) groups is 1. The zero-order valence-electron chi connectivity index (χ0n) is 11.9. The molecule has 0 aromatic carbocycles. The third-order valence-electron chi connectivity index (χ3n) is 3.43. The molecule has 0 aromatic heterocycles. The molecule has 5 nitrogen and oxygen atoms in total. The number of hydrogen-bond acceptors (Lipinski definition) is 2. The first kappa shape index (κ1) is 15.0.